The fraction of sp³-hybridized carbons (Fsp3) is 0.231. The second-order valence-corrected chi connectivity index (χ2v) is 3.98. The van der Waals surface area contributed by atoms with Crippen LogP contribution in [0.15, 0.2) is 24.3 Å². The minimum Gasteiger partial charge on any atom is -0.466 e. The first-order valence-corrected chi connectivity index (χ1v) is 6.07. The highest BCUT2D eigenvalue weighted by Gasteiger charge is 2.15. The molecule has 2 aromatic rings. The van der Waals surface area contributed by atoms with E-state index in [0.29, 0.717) is 23.2 Å². The summed E-state index contributed by atoms with van der Waals surface area (Å²) in [5.74, 6) is -0.321. The Morgan fingerprint density at radius 1 is 1.55 bits per heavy atom. The highest BCUT2D eigenvalue weighted by Crippen LogP contribution is 2.25. The van der Waals surface area contributed by atoms with E-state index >= 15 is 0 Å². The van der Waals surface area contributed by atoms with Crippen LogP contribution in [0.25, 0.3) is 17.0 Å². The van der Waals surface area contributed by atoms with Gasteiger partial charge in [0.1, 0.15) is 0 Å². The van der Waals surface area contributed by atoms with Crippen LogP contribution < -0.4 is 0 Å². The Kier molecular flexibility index (Phi) is 4.09. The molecule has 104 valence electrons. The number of non-ortho nitro benzene ring substituents is 1. The van der Waals surface area contributed by atoms with Gasteiger partial charge >= 0.3 is 5.97 Å². The summed E-state index contributed by atoms with van der Waals surface area (Å²) in [6.07, 6.45) is 3.43. The molecule has 0 aliphatic carbocycles. The largest absolute Gasteiger partial charge is 0.466 e. The predicted molar refractivity (Wildman–Crippen MR) is 73.0 cm³/mol. The number of fused-ring (bicyclic) bond motifs is 1. The Hall–Kier alpha value is -2.70. The number of nitrogens with one attached hydrogen (secondary N) is 1. The van der Waals surface area contributed by atoms with Gasteiger partial charge in [-0.2, -0.15) is 5.10 Å². The van der Waals surface area contributed by atoms with Gasteiger partial charge in [-0.3, -0.25) is 20.0 Å². The van der Waals surface area contributed by atoms with Gasteiger partial charge in [-0.1, -0.05) is 18.2 Å². The average Bonchev–Trinajstić information content (AvgIpc) is 2.82. The number of esters is 1. The van der Waals surface area contributed by atoms with Crippen LogP contribution >= 0.6 is 0 Å². The Morgan fingerprint density at radius 2 is 2.35 bits per heavy atom. The smallest absolute Gasteiger partial charge is 0.309 e. The van der Waals surface area contributed by atoms with Gasteiger partial charge in [0.05, 0.1) is 23.6 Å². The number of nitro groups is 1. The van der Waals surface area contributed by atoms with Crippen LogP contribution in [-0.4, -0.2) is 27.7 Å². The zero-order chi connectivity index (χ0) is 14.5. The summed E-state index contributed by atoms with van der Waals surface area (Å²) >= 11 is 0. The molecule has 1 heterocycles. The second kappa shape index (κ2) is 5.96. The summed E-state index contributed by atoms with van der Waals surface area (Å²) in [6.45, 7) is 2.08. The third kappa shape index (κ3) is 2.82. The molecular weight excluding hydrogens is 262 g/mol. The number of hydrogen-bond acceptors (Lipinski definition) is 5. The molecular formula is C13H13N3O4. The number of benzene rings is 1. The molecule has 0 unspecified atom stereocenters. The number of para-hydroxylation sites is 1. The van der Waals surface area contributed by atoms with Crippen LogP contribution in [-0.2, 0) is 9.53 Å². The summed E-state index contributed by atoms with van der Waals surface area (Å²) in [4.78, 5) is 21.6. The lowest BCUT2D eigenvalue weighted by atomic mass is 10.1. The molecule has 0 aliphatic heterocycles. The maximum absolute atomic E-state index is 11.2. The number of aromatic amines is 1. The average molecular weight is 275 g/mol. The second-order valence-electron chi connectivity index (χ2n) is 3.98. The van der Waals surface area contributed by atoms with Crippen molar-refractivity contribution in [2.45, 2.75) is 13.3 Å². The van der Waals surface area contributed by atoms with E-state index < -0.39 is 4.92 Å². The minimum absolute atomic E-state index is 0.0520. The summed E-state index contributed by atoms with van der Waals surface area (Å²) in [6, 6.07) is 4.73. The Bertz CT molecular complexity index is 675. The molecule has 0 spiro atoms. The lowest BCUT2D eigenvalue weighted by molar-refractivity contribution is -0.383. The van der Waals surface area contributed by atoms with Gasteiger partial charge in [0, 0.05) is 11.5 Å². The normalized spacial score (nSPS) is 11.1. The highest BCUT2D eigenvalue weighted by molar-refractivity contribution is 5.92. The molecule has 0 atom stereocenters. The fourth-order valence-electron chi connectivity index (χ4n) is 1.81. The summed E-state index contributed by atoms with van der Waals surface area (Å²) in [7, 11) is 0. The molecule has 1 aromatic heterocycles. The number of nitro benzene ring substituents is 1. The molecule has 20 heavy (non-hydrogen) atoms. The number of carbonyl (C=O) groups excluding carboxylic acids is 1. The standard InChI is InChI=1S/C13H13N3O4/c1-2-20-12(17)8-4-6-10-9-5-3-7-11(16(18)19)13(9)15-14-10/h3-7H,2,8H2,1H3,(H,14,15). The van der Waals surface area contributed by atoms with Crippen LogP contribution in [0.3, 0.4) is 0 Å². The number of ether oxygens (including phenoxy) is 1. The van der Waals surface area contributed by atoms with Crippen molar-refractivity contribution in [3.63, 3.8) is 0 Å². The molecule has 7 nitrogen and oxygen atoms in total. The quantitative estimate of drug-likeness (QED) is 0.513. The van der Waals surface area contributed by atoms with Gasteiger partial charge in [-0.05, 0) is 13.0 Å². The third-order valence-corrected chi connectivity index (χ3v) is 2.66. The molecule has 1 N–H and O–H groups in total. The molecule has 0 saturated carbocycles. The fourth-order valence-corrected chi connectivity index (χ4v) is 1.81. The first kappa shape index (κ1) is 13.7. The molecule has 0 aliphatic rings. The Labute approximate surface area is 114 Å². The number of nitrogens with zero attached hydrogens (tertiary/aromatic N) is 2. The van der Waals surface area contributed by atoms with Gasteiger partial charge in [-0.25, -0.2) is 0 Å². The maximum Gasteiger partial charge on any atom is 0.309 e. The maximum atomic E-state index is 11.2. The van der Waals surface area contributed by atoms with Crippen molar-refractivity contribution in [3.8, 4) is 0 Å². The van der Waals surface area contributed by atoms with Crippen LogP contribution in [0.5, 0.6) is 0 Å². The van der Waals surface area contributed by atoms with Crippen LogP contribution in [0.4, 0.5) is 5.69 Å². The van der Waals surface area contributed by atoms with Crippen molar-refractivity contribution in [2.75, 3.05) is 6.61 Å². The minimum atomic E-state index is -0.477. The zero-order valence-electron chi connectivity index (χ0n) is 10.8. The van der Waals surface area contributed by atoms with Crippen molar-refractivity contribution in [1.82, 2.24) is 10.2 Å². The van der Waals surface area contributed by atoms with E-state index in [1.165, 1.54) is 6.07 Å². The van der Waals surface area contributed by atoms with Crippen LogP contribution in [0, 0.1) is 10.1 Å². The summed E-state index contributed by atoms with van der Waals surface area (Å²) < 4.78 is 4.79. The van der Waals surface area contributed by atoms with Gasteiger partial charge in [-0.15, -0.1) is 0 Å². The zero-order valence-corrected chi connectivity index (χ0v) is 10.8. The van der Waals surface area contributed by atoms with Crippen molar-refractivity contribution < 1.29 is 14.5 Å². The van der Waals surface area contributed by atoms with Gasteiger partial charge in [0.25, 0.3) is 5.69 Å². The topological polar surface area (TPSA) is 98.1 Å². The summed E-state index contributed by atoms with van der Waals surface area (Å²) in [5.41, 5.74) is 0.866. The van der Waals surface area contributed by atoms with Crippen LogP contribution in [0.1, 0.15) is 19.0 Å². The van der Waals surface area contributed by atoms with E-state index in [1.54, 1.807) is 31.2 Å². The lowest BCUT2D eigenvalue weighted by Crippen LogP contribution is -2.01. The van der Waals surface area contributed by atoms with Gasteiger partial charge < -0.3 is 4.74 Å². The number of H-pyrrole nitrogens is 1. The van der Waals surface area contributed by atoms with E-state index in [4.69, 9.17) is 4.74 Å². The number of carbonyl (C=O) groups is 1. The number of rotatable bonds is 5. The van der Waals surface area contributed by atoms with E-state index in [0.717, 1.165) is 0 Å². The van der Waals surface area contributed by atoms with E-state index in [1.807, 2.05) is 0 Å². The summed E-state index contributed by atoms with van der Waals surface area (Å²) in [5, 5.41) is 18.2. The van der Waals surface area contributed by atoms with Gasteiger partial charge in [0.15, 0.2) is 5.52 Å². The predicted octanol–water partition coefficient (Wildman–Crippen LogP) is 2.44. The Balaban J connectivity index is 2.24. The molecule has 0 fully saturated rings. The van der Waals surface area contributed by atoms with E-state index in [2.05, 4.69) is 10.2 Å². The molecule has 1 aromatic carbocycles. The highest BCUT2D eigenvalue weighted by atomic mass is 16.6. The van der Waals surface area contributed by atoms with Gasteiger partial charge in [0.2, 0.25) is 0 Å². The molecule has 7 heteroatoms. The lowest BCUT2D eigenvalue weighted by Gasteiger charge is -1.96. The molecule has 0 amide bonds. The first-order chi connectivity index (χ1) is 9.63. The molecule has 2 rings (SSSR count). The van der Waals surface area contributed by atoms with Crippen molar-refractivity contribution in [2.24, 2.45) is 0 Å². The number of aromatic nitrogens is 2. The molecule has 0 bridgehead atoms. The molecule has 0 radical (unpaired) electrons. The van der Waals surface area contributed by atoms with Crippen LogP contribution in [0.2, 0.25) is 0 Å². The van der Waals surface area contributed by atoms with E-state index in [9.17, 15) is 14.9 Å². The molecule has 0 saturated heterocycles. The SMILES string of the molecule is CCOC(=O)CC=Cc1[nH]nc2c([N+](=O)[O-])cccc12. The monoisotopic (exact) mass is 275 g/mol. The van der Waals surface area contributed by atoms with Crippen molar-refractivity contribution in [1.29, 1.82) is 0 Å². The van der Waals surface area contributed by atoms with Crippen molar-refractivity contribution in [3.05, 3.63) is 40.1 Å². The van der Waals surface area contributed by atoms with Crippen molar-refractivity contribution >= 4 is 28.6 Å². The Morgan fingerprint density at radius 3 is 3.05 bits per heavy atom. The first-order valence-electron chi connectivity index (χ1n) is 6.07. The third-order valence-electron chi connectivity index (χ3n) is 2.66. The van der Waals surface area contributed by atoms with E-state index in [-0.39, 0.29) is 18.1 Å². The number of hydrogen-bond donors (Lipinski definition) is 1.